The number of ether oxygens (including phenoxy) is 1. The van der Waals surface area contributed by atoms with E-state index in [0.29, 0.717) is 6.61 Å². The van der Waals surface area contributed by atoms with Crippen LogP contribution in [0.2, 0.25) is 0 Å². The zero-order valence-electron chi connectivity index (χ0n) is 13.5. The number of rotatable bonds is 4. The van der Waals surface area contributed by atoms with Crippen molar-refractivity contribution in [3.8, 4) is 0 Å². The Morgan fingerprint density at radius 2 is 1.95 bits per heavy atom. The second kappa shape index (κ2) is 5.20. The Labute approximate surface area is 131 Å². The van der Waals surface area contributed by atoms with E-state index in [0.717, 1.165) is 18.4 Å². The zero-order chi connectivity index (χ0) is 16.0. The summed E-state index contributed by atoms with van der Waals surface area (Å²) in [6.45, 7) is 6.54. The summed E-state index contributed by atoms with van der Waals surface area (Å²) in [7, 11) is 0. The maximum atomic E-state index is 12.6. The summed E-state index contributed by atoms with van der Waals surface area (Å²) in [5.41, 5.74) is 0.461. The minimum absolute atomic E-state index is 0.0119. The fourth-order valence-corrected chi connectivity index (χ4v) is 3.90. The molecule has 2 fully saturated rings. The minimum atomic E-state index is -0.410. The average Bonchev–Trinajstić information content (AvgIpc) is 2.80. The van der Waals surface area contributed by atoms with Crippen molar-refractivity contribution in [1.82, 2.24) is 4.90 Å². The average molecular weight is 301 g/mol. The van der Waals surface area contributed by atoms with Crippen molar-refractivity contribution < 1.29 is 14.3 Å². The van der Waals surface area contributed by atoms with Crippen LogP contribution in [0.4, 0.5) is 0 Å². The summed E-state index contributed by atoms with van der Waals surface area (Å²) in [6, 6.07) is 9.74. The standard InChI is InChI=1S/C18H23NO3/c1-17(2)14-9-10-18(17,3)16(21)19(14)15(20)12-22-11-13-7-5-4-6-8-13/h4-8,14H,9-12H2,1-3H3/t14-,18-/m0/s1. The van der Waals surface area contributed by atoms with Crippen LogP contribution in [0.5, 0.6) is 0 Å². The van der Waals surface area contributed by atoms with Gasteiger partial charge in [-0.05, 0) is 23.8 Å². The van der Waals surface area contributed by atoms with Crippen molar-refractivity contribution in [3.63, 3.8) is 0 Å². The van der Waals surface area contributed by atoms with Crippen molar-refractivity contribution in [2.75, 3.05) is 6.61 Å². The number of hydrogen-bond acceptors (Lipinski definition) is 3. The molecule has 1 aromatic carbocycles. The number of nitrogens with zero attached hydrogens (tertiary/aromatic N) is 1. The minimum Gasteiger partial charge on any atom is -0.367 e. The molecule has 0 aromatic heterocycles. The highest BCUT2D eigenvalue weighted by Crippen LogP contribution is 2.60. The zero-order valence-corrected chi connectivity index (χ0v) is 13.5. The highest BCUT2D eigenvalue weighted by Gasteiger charge is 2.66. The van der Waals surface area contributed by atoms with E-state index < -0.39 is 5.41 Å². The van der Waals surface area contributed by atoms with Crippen LogP contribution in [0.25, 0.3) is 0 Å². The molecular formula is C18H23NO3. The molecule has 2 aliphatic rings. The molecule has 2 bridgehead atoms. The van der Waals surface area contributed by atoms with E-state index >= 15 is 0 Å². The Balaban J connectivity index is 1.63. The first-order valence-corrected chi connectivity index (χ1v) is 7.86. The Bertz CT molecular complexity index is 596. The van der Waals surface area contributed by atoms with Crippen molar-refractivity contribution in [1.29, 1.82) is 0 Å². The van der Waals surface area contributed by atoms with Gasteiger partial charge in [0.2, 0.25) is 5.91 Å². The monoisotopic (exact) mass is 301 g/mol. The van der Waals surface area contributed by atoms with Gasteiger partial charge in [0.25, 0.3) is 5.91 Å². The van der Waals surface area contributed by atoms with Gasteiger partial charge in [0.05, 0.1) is 12.0 Å². The number of hydrogen-bond donors (Lipinski definition) is 0. The van der Waals surface area contributed by atoms with Gasteiger partial charge in [0.15, 0.2) is 0 Å². The highest BCUT2D eigenvalue weighted by atomic mass is 16.5. The Morgan fingerprint density at radius 1 is 1.27 bits per heavy atom. The molecule has 118 valence electrons. The predicted molar refractivity (Wildman–Crippen MR) is 82.9 cm³/mol. The van der Waals surface area contributed by atoms with Crippen LogP contribution in [0.1, 0.15) is 39.2 Å². The second-order valence-electron chi connectivity index (χ2n) is 7.16. The molecule has 4 nitrogen and oxygen atoms in total. The highest BCUT2D eigenvalue weighted by molar-refractivity contribution is 6.02. The number of carbonyl (C=O) groups excluding carboxylic acids is 2. The van der Waals surface area contributed by atoms with Gasteiger partial charge < -0.3 is 4.74 Å². The summed E-state index contributed by atoms with van der Waals surface area (Å²) < 4.78 is 5.51. The van der Waals surface area contributed by atoms with Crippen LogP contribution in [0.3, 0.4) is 0 Å². The topological polar surface area (TPSA) is 46.6 Å². The molecule has 2 atom stereocenters. The molecule has 1 aliphatic carbocycles. The fraction of sp³-hybridized carbons (Fsp3) is 0.556. The van der Waals surface area contributed by atoms with Crippen molar-refractivity contribution in [2.45, 2.75) is 46.3 Å². The molecule has 2 amide bonds. The molecule has 0 N–H and O–H groups in total. The normalized spacial score (nSPS) is 29.1. The van der Waals surface area contributed by atoms with E-state index in [1.54, 1.807) is 0 Å². The summed E-state index contributed by atoms with van der Waals surface area (Å²) >= 11 is 0. The number of amides is 2. The van der Waals surface area contributed by atoms with E-state index in [9.17, 15) is 9.59 Å². The third-order valence-electron chi connectivity index (χ3n) is 5.78. The molecule has 1 aromatic rings. The van der Waals surface area contributed by atoms with E-state index in [4.69, 9.17) is 4.74 Å². The van der Waals surface area contributed by atoms with Crippen LogP contribution in [-0.2, 0) is 20.9 Å². The quantitative estimate of drug-likeness (QED) is 0.859. The first kappa shape index (κ1) is 15.2. The molecular weight excluding hydrogens is 278 g/mol. The lowest BCUT2D eigenvalue weighted by molar-refractivity contribution is -0.152. The van der Waals surface area contributed by atoms with Gasteiger partial charge in [-0.15, -0.1) is 0 Å². The van der Waals surface area contributed by atoms with Crippen LogP contribution in [0, 0.1) is 10.8 Å². The summed E-state index contributed by atoms with van der Waals surface area (Å²) in [5, 5.41) is 0. The first-order valence-electron chi connectivity index (χ1n) is 7.86. The number of piperidine rings is 1. The lowest BCUT2D eigenvalue weighted by Gasteiger charge is -2.29. The third-order valence-corrected chi connectivity index (χ3v) is 5.78. The van der Waals surface area contributed by atoms with Crippen molar-refractivity contribution >= 4 is 11.8 Å². The molecule has 4 heteroatoms. The molecule has 0 unspecified atom stereocenters. The van der Waals surface area contributed by atoms with Gasteiger partial charge in [0, 0.05) is 6.04 Å². The van der Waals surface area contributed by atoms with E-state index in [1.807, 2.05) is 37.3 Å². The summed E-state index contributed by atoms with van der Waals surface area (Å²) in [6.07, 6.45) is 1.78. The molecule has 0 spiro atoms. The molecule has 0 radical (unpaired) electrons. The Hall–Kier alpha value is -1.68. The second-order valence-corrected chi connectivity index (χ2v) is 7.16. The molecule has 1 saturated carbocycles. The molecule has 3 rings (SSSR count). The SMILES string of the molecule is CC1(C)[C@@H]2CC[C@@]1(C)C(=O)N2C(=O)COCc1ccccc1. The van der Waals surface area contributed by atoms with Crippen molar-refractivity contribution in [3.05, 3.63) is 35.9 Å². The molecule has 1 aliphatic heterocycles. The van der Waals surface area contributed by atoms with Crippen LogP contribution in [0.15, 0.2) is 30.3 Å². The molecule has 1 heterocycles. The van der Waals surface area contributed by atoms with Gasteiger partial charge in [-0.2, -0.15) is 0 Å². The summed E-state index contributed by atoms with van der Waals surface area (Å²) in [5.74, 6) is -0.232. The number of carbonyl (C=O) groups is 2. The number of fused-ring (bicyclic) bond motifs is 2. The lowest BCUT2D eigenvalue weighted by Crippen LogP contribution is -2.45. The Morgan fingerprint density at radius 3 is 2.55 bits per heavy atom. The van der Waals surface area contributed by atoms with Gasteiger partial charge in [-0.3, -0.25) is 14.5 Å². The summed E-state index contributed by atoms with van der Waals surface area (Å²) in [4.78, 5) is 26.5. The molecule has 22 heavy (non-hydrogen) atoms. The van der Waals surface area contributed by atoms with Gasteiger partial charge in [-0.25, -0.2) is 0 Å². The van der Waals surface area contributed by atoms with Crippen molar-refractivity contribution in [2.24, 2.45) is 10.8 Å². The van der Waals surface area contributed by atoms with E-state index in [-0.39, 0.29) is 29.9 Å². The maximum Gasteiger partial charge on any atom is 0.255 e. The van der Waals surface area contributed by atoms with Crippen LogP contribution >= 0.6 is 0 Å². The largest absolute Gasteiger partial charge is 0.367 e. The van der Waals surface area contributed by atoms with Gasteiger partial charge >= 0.3 is 0 Å². The first-order chi connectivity index (χ1) is 10.4. The van der Waals surface area contributed by atoms with Crippen LogP contribution in [-0.4, -0.2) is 29.4 Å². The fourth-order valence-electron chi connectivity index (χ4n) is 3.90. The van der Waals surface area contributed by atoms with Gasteiger partial charge in [-0.1, -0.05) is 51.1 Å². The smallest absolute Gasteiger partial charge is 0.255 e. The molecule has 1 saturated heterocycles. The number of benzene rings is 1. The Kier molecular flexibility index (Phi) is 3.60. The lowest BCUT2D eigenvalue weighted by atomic mass is 9.70. The number of likely N-dealkylation sites (tertiary alicyclic amines) is 1. The third kappa shape index (κ3) is 2.09. The van der Waals surface area contributed by atoms with Crippen LogP contribution < -0.4 is 0 Å². The van der Waals surface area contributed by atoms with E-state index in [1.165, 1.54) is 4.90 Å². The predicted octanol–water partition coefficient (Wildman–Crippen LogP) is 2.77. The number of imide groups is 1. The van der Waals surface area contributed by atoms with Gasteiger partial charge in [0.1, 0.15) is 6.61 Å². The maximum absolute atomic E-state index is 12.6. The van der Waals surface area contributed by atoms with E-state index in [2.05, 4.69) is 13.8 Å².